The van der Waals surface area contributed by atoms with Crippen molar-refractivity contribution in [3.05, 3.63) is 35.4 Å². The van der Waals surface area contributed by atoms with Crippen LogP contribution in [-0.4, -0.2) is 30.6 Å². The van der Waals surface area contributed by atoms with Gasteiger partial charge in [-0.1, -0.05) is 24.3 Å². The van der Waals surface area contributed by atoms with Crippen LogP contribution in [0.1, 0.15) is 17.5 Å². The maximum absolute atomic E-state index is 3.69. The number of nitrogens with one attached hydrogen (secondary N) is 1. The summed E-state index contributed by atoms with van der Waals surface area (Å²) in [6.07, 6.45) is 2.72. The summed E-state index contributed by atoms with van der Waals surface area (Å²) in [4.78, 5) is 2.67. The Bertz CT molecular complexity index is 419. The Morgan fingerprint density at radius 2 is 1.88 bits per heavy atom. The molecule has 2 aliphatic heterocycles. The maximum Gasteiger partial charge on any atom is 0.0238 e. The molecule has 0 aromatic heterocycles. The van der Waals surface area contributed by atoms with Crippen LogP contribution in [0.5, 0.6) is 0 Å². The molecule has 1 aromatic carbocycles. The van der Waals surface area contributed by atoms with Gasteiger partial charge in [-0.3, -0.25) is 0 Å². The Kier molecular flexibility index (Phi) is 2.27. The van der Waals surface area contributed by atoms with Crippen molar-refractivity contribution < 1.29 is 0 Å². The summed E-state index contributed by atoms with van der Waals surface area (Å²) in [5, 5.41) is 3.69. The van der Waals surface area contributed by atoms with E-state index in [1.165, 1.54) is 38.0 Å². The Balaban J connectivity index is 1.41. The van der Waals surface area contributed by atoms with Gasteiger partial charge in [0.05, 0.1) is 0 Å². The topological polar surface area (TPSA) is 15.3 Å². The zero-order valence-electron chi connectivity index (χ0n) is 10.2. The highest BCUT2D eigenvalue weighted by Gasteiger charge is 2.45. The first-order valence-corrected chi connectivity index (χ1v) is 6.91. The summed E-state index contributed by atoms with van der Waals surface area (Å²) in [5.74, 6) is 2.12. The number of fused-ring (bicyclic) bond motifs is 2. The second-order valence-electron chi connectivity index (χ2n) is 6.03. The molecule has 2 fully saturated rings. The van der Waals surface area contributed by atoms with Crippen molar-refractivity contribution in [3.8, 4) is 0 Å². The molecule has 0 radical (unpaired) electrons. The SMILES string of the molecule is c1ccc2c(c1)CN[C@H](CN1CC3CC3C1)C2. The van der Waals surface area contributed by atoms with Gasteiger partial charge in [-0.2, -0.15) is 0 Å². The van der Waals surface area contributed by atoms with E-state index in [9.17, 15) is 0 Å². The number of hydrogen-bond acceptors (Lipinski definition) is 2. The van der Waals surface area contributed by atoms with Crippen molar-refractivity contribution in [2.24, 2.45) is 11.8 Å². The largest absolute Gasteiger partial charge is 0.308 e. The van der Waals surface area contributed by atoms with E-state index in [1.807, 2.05) is 0 Å². The minimum atomic E-state index is 0.669. The molecule has 1 saturated heterocycles. The first-order chi connectivity index (χ1) is 8.38. The van der Waals surface area contributed by atoms with E-state index >= 15 is 0 Å². The molecule has 2 heterocycles. The Morgan fingerprint density at radius 3 is 2.71 bits per heavy atom. The van der Waals surface area contributed by atoms with Gasteiger partial charge in [0.2, 0.25) is 0 Å². The molecule has 1 aliphatic carbocycles. The van der Waals surface area contributed by atoms with Gasteiger partial charge in [-0.15, -0.1) is 0 Å². The monoisotopic (exact) mass is 228 g/mol. The van der Waals surface area contributed by atoms with Crippen molar-refractivity contribution in [1.29, 1.82) is 0 Å². The molecule has 1 aromatic rings. The van der Waals surface area contributed by atoms with E-state index in [-0.39, 0.29) is 0 Å². The summed E-state index contributed by atoms with van der Waals surface area (Å²) < 4.78 is 0. The van der Waals surface area contributed by atoms with Crippen LogP contribution in [0.2, 0.25) is 0 Å². The Labute approximate surface area is 103 Å². The Morgan fingerprint density at radius 1 is 1.12 bits per heavy atom. The predicted molar refractivity (Wildman–Crippen MR) is 68.8 cm³/mol. The number of nitrogens with zero attached hydrogens (tertiary/aromatic N) is 1. The minimum Gasteiger partial charge on any atom is -0.308 e. The van der Waals surface area contributed by atoms with Crippen LogP contribution in [0.3, 0.4) is 0 Å². The van der Waals surface area contributed by atoms with E-state index in [4.69, 9.17) is 0 Å². The quantitative estimate of drug-likeness (QED) is 0.828. The molecule has 0 spiro atoms. The summed E-state index contributed by atoms with van der Waals surface area (Å²) >= 11 is 0. The molecule has 1 N–H and O–H groups in total. The van der Waals surface area contributed by atoms with Crippen molar-refractivity contribution >= 4 is 0 Å². The second-order valence-corrected chi connectivity index (χ2v) is 6.03. The van der Waals surface area contributed by atoms with Gasteiger partial charge < -0.3 is 10.2 Å². The molecule has 90 valence electrons. The molecule has 2 heteroatoms. The molecule has 3 aliphatic rings. The van der Waals surface area contributed by atoms with Crippen molar-refractivity contribution in [1.82, 2.24) is 10.2 Å². The van der Waals surface area contributed by atoms with Gasteiger partial charge in [0.15, 0.2) is 0 Å². The number of benzene rings is 1. The zero-order valence-corrected chi connectivity index (χ0v) is 10.2. The fourth-order valence-corrected chi connectivity index (χ4v) is 3.61. The predicted octanol–water partition coefficient (Wildman–Crippen LogP) is 1.65. The average molecular weight is 228 g/mol. The van der Waals surface area contributed by atoms with Gasteiger partial charge in [-0.05, 0) is 35.8 Å². The lowest BCUT2D eigenvalue weighted by atomic mass is 9.95. The molecule has 0 bridgehead atoms. The van der Waals surface area contributed by atoms with Gasteiger partial charge in [0, 0.05) is 32.2 Å². The van der Waals surface area contributed by atoms with Crippen LogP contribution >= 0.6 is 0 Å². The number of hydrogen-bond donors (Lipinski definition) is 1. The number of piperidine rings is 1. The summed E-state index contributed by atoms with van der Waals surface area (Å²) in [6, 6.07) is 9.54. The first kappa shape index (κ1) is 10.1. The lowest BCUT2D eigenvalue weighted by Gasteiger charge is -2.30. The van der Waals surface area contributed by atoms with Gasteiger partial charge in [0.1, 0.15) is 0 Å². The van der Waals surface area contributed by atoms with Crippen LogP contribution in [0.15, 0.2) is 24.3 Å². The molecule has 17 heavy (non-hydrogen) atoms. The molecule has 0 amide bonds. The molecule has 2 nitrogen and oxygen atoms in total. The standard InChI is InChI=1S/C15H20N2/c1-2-4-12-7-16-15(6-11(12)3-1)10-17-8-13-5-14(13)9-17/h1-4,13-16H,5-10H2/t13?,14?,15-/m0/s1. The summed E-state index contributed by atoms with van der Waals surface area (Å²) in [5.41, 5.74) is 3.05. The third-order valence-electron chi connectivity index (χ3n) is 4.70. The molecule has 3 atom stereocenters. The molecular weight excluding hydrogens is 208 g/mol. The Hall–Kier alpha value is -0.860. The fourth-order valence-electron chi connectivity index (χ4n) is 3.61. The van der Waals surface area contributed by atoms with E-state index < -0.39 is 0 Å². The highest BCUT2D eigenvalue weighted by atomic mass is 15.2. The second kappa shape index (κ2) is 3.82. The van der Waals surface area contributed by atoms with E-state index in [1.54, 1.807) is 5.56 Å². The smallest absolute Gasteiger partial charge is 0.0238 e. The zero-order chi connectivity index (χ0) is 11.2. The lowest BCUT2D eigenvalue weighted by molar-refractivity contribution is 0.259. The highest BCUT2D eigenvalue weighted by Crippen LogP contribution is 2.44. The van der Waals surface area contributed by atoms with Crippen LogP contribution in [-0.2, 0) is 13.0 Å². The van der Waals surface area contributed by atoms with Gasteiger partial charge >= 0.3 is 0 Å². The van der Waals surface area contributed by atoms with E-state index in [0.717, 1.165) is 18.4 Å². The van der Waals surface area contributed by atoms with Crippen LogP contribution in [0.4, 0.5) is 0 Å². The number of likely N-dealkylation sites (tertiary alicyclic amines) is 1. The van der Waals surface area contributed by atoms with Crippen LogP contribution in [0.25, 0.3) is 0 Å². The third kappa shape index (κ3) is 1.90. The van der Waals surface area contributed by atoms with Crippen LogP contribution in [0, 0.1) is 11.8 Å². The normalized spacial score (nSPS) is 35.4. The fraction of sp³-hybridized carbons (Fsp3) is 0.600. The van der Waals surface area contributed by atoms with Crippen molar-refractivity contribution in [2.45, 2.75) is 25.4 Å². The van der Waals surface area contributed by atoms with E-state index in [2.05, 4.69) is 34.5 Å². The molecular formula is C15H20N2. The summed E-state index contributed by atoms with van der Waals surface area (Å²) in [7, 11) is 0. The maximum atomic E-state index is 3.69. The van der Waals surface area contributed by atoms with Gasteiger partial charge in [0.25, 0.3) is 0 Å². The molecule has 4 rings (SSSR count). The summed E-state index contributed by atoms with van der Waals surface area (Å²) in [6.45, 7) is 5.04. The molecule has 1 saturated carbocycles. The highest BCUT2D eigenvalue weighted by molar-refractivity contribution is 5.30. The lowest BCUT2D eigenvalue weighted by Crippen LogP contribution is -2.44. The van der Waals surface area contributed by atoms with Crippen molar-refractivity contribution in [3.63, 3.8) is 0 Å². The first-order valence-electron chi connectivity index (χ1n) is 6.91. The van der Waals surface area contributed by atoms with Crippen LogP contribution < -0.4 is 5.32 Å². The third-order valence-corrected chi connectivity index (χ3v) is 4.70. The minimum absolute atomic E-state index is 0.669. The van der Waals surface area contributed by atoms with E-state index in [0.29, 0.717) is 6.04 Å². The van der Waals surface area contributed by atoms with Crippen molar-refractivity contribution in [2.75, 3.05) is 19.6 Å². The number of rotatable bonds is 2. The average Bonchev–Trinajstić information content (AvgIpc) is 2.97. The van der Waals surface area contributed by atoms with Gasteiger partial charge in [-0.25, -0.2) is 0 Å². The molecule has 2 unspecified atom stereocenters.